The Morgan fingerprint density at radius 1 is 1.23 bits per heavy atom. The van der Waals surface area contributed by atoms with Crippen LogP contribution in [0.4, 0.5) is 0 Å². The van der Waals surface area contributed by atoms with E-state index < -0.39 is 10.0 Å². The van der Waals surface area contributed by atoms with Crippen LogP contribution in [0.1, 0.15) is 31.5 Å². The van der Waals surface area contributed by atoms with E-state index in [1.54, 1.807) is 0 Å². The smallest absolute Gasteiger partial charge is 0.240 e. The minimum Gasteiger partial charge on any atom is -0.425 e. The molecular weight excluding hydrogens is 349 g/mol. The number of nitrogens with zero attached hydrogens (tertiary/aromatic N) is 2. The van der Waals surface area contributed by atoms with Crippen molar-refractivity contribution < 1.29 is 12.8 Å². The molecule has 1 aromatic heterocycles. The van der Waals surface area contributed by atoms with Crippen molar-refractivity contribution in [3.8, 4) is 0 Å². The Kier molecular flexibility index (Phi) is 5.44. The summed E-state index contributed by atoms with van der Waals surface area (Å²) in [5, 5.41) is 8.23. The average Bonchev–Trinajstić information content (AvgIpc) is 2.90. The van der Waals surface area contributed by atoms with Crippen LogP contribution >= 0.6 is 23.2 Å². The van der Waals surface area contributed by atoms with Crippen LogP contribution in [0, 0.1) is 0 Å². The summed E-state index contributed by atoms with van der Waals surface area (Å²) in [4.78, 5) is 0.0512. The van der Waals surface area contributed by atoms with Gasteiger partial charge in [0.2, 0.25) is 21.8 Å². The molecule has 0 aliphatic heterocycles. The molecule has 1 N–H and O–H groups in total. The van der Waals surface area contributed by atoms with Crippen LogP contribution in [0.5, 0.6) is 0 Å². The van der Waals surface area contributed by atoms with Crippen LogP contribution in [0.25, 0.3) is 0 Å². The van der Waals surface area contributed by atoms with Crippen LogP contribution in [-0.2, 0) is 16.4 Å². The van der Waals surface area contributed by atoms with Gasteiger partial charge in [0.25, 0.3) is 0 Å². The zero-order chi connectivity index (χ0) is 16.3. The standard InChI is InChI=1S/C13H15Cl2N3O3S/c1-8(2)13-18-17-12(21-13)5-6-16-22(19,20)9-3-4-10(14)11(15)7-9/h3-4,7-8,16H,5-6H2,1-2H3. The van der Waals surface area contributed by atoms with E-state index in [0.717, 1.165) is 0 Å². The van der Waals surface area contributed by atoms with Gasteiger partial charge in [-0.1, -0.05) is 37.0 Å². The molecule has 0 aliphatic rings. The van der Waals surface area contributed by atoms with Crippen molar-refractivity contribution in [3.05, 3.63) is 40.0 Å². The SMILES string of the molecule is CC(C)c1nnc(CCNS(=O)(=O)c2ccc(Cl)c(Cl)c2)o1. The predicted octanol–water partition coefficient (Wildman–Crippen LogP) is 3.02. The number of sulfonamides is 1. The molecule has 0 saturated carbocycles. The monoisotopic (exact) mass is 363 g/mol. The highest BCUT2D eigenvalue weighted by Gasteiger charge is 2.16. The fourth-order valence-corrected chi connectivity index (χ4v) is 3.04. The Labute approximate surface area is 138 Å². The second kappa shape index (κ2) is 6.95. The molecule has 0 aliphatic carbocycles. The Morgan fingerprint density at radius 3 is 2.55 bits per heavy atom. The molecule has 0 radical (unpaired) electrons. The van der Waals surface area contributed by atoms with Crippen molar-refractivity contribution in [2.45, 2.75) is 31.1 Å². The van der Waals surface area contributed by atoms with E-state index >= 15 is 0 Å². The van der Waals surface area contributed by atoms with E-state index in [1.807, 2.05) is 13.8 Å². The van der Waals surface area contributed by atoms with E-state index in [0.29, 0.717) is 23.2 Å². The molecule has 0 bridgehead atoms. The third kappa shape index (κ3) is 4.19. The van der Waals surface area contributed by atoms with Gasteiger partial charge in [-0.3, -0.25) is 0 Å². The van der Waals surface area contributed by atoms with Crippen molar-refractivity contribution in [2.24, 2.45) is 0 Å². The van der Waals surface area contributed by atoms with Gasteiger partial charge < -0.3 is 4.42 Å². The largest absolute Gasteiger partial charge is 0.425 e. The highest BCUT2D eigenvalue weighted by molar-refractivity contribution is 7.89. The number of hydrogen-bond donors (Lipinski definition) is 1. The van der Waals surface area contributed by atoms with Gasteiger partial charge in [-0.2, -0.15) is 0 Å². The Hall–Kier alpha value is -1.15. The molecule has 120 valence electrons. The van der Waals surface area contributed by atoms with Gasteiger partial charge in [0.1, 0.15) is 0 Å². The average molecular weight is 364 g/mol. The van der Waals surface area contributed by atoms with Crippen molar-refractivity contribution in [3.63, 3.8) is 0 Å². The van der Waals surface area contributed by atoms with Crippen LogP contribution in [0.15, 0.2) is 27.5 Å². The van der Waals surface area contributed by atoms with E-state index in [9.17, 15) is 8.42 Å². The molecule has 22 heavy (non-hydrogen) atoms. The molecule has 6 nitrogen and oxygen atoms in total. The lowest BCUT2D eigenvalue weighted by atomic mass is 10.2. The zero-order valence-electron chi connectivity index (χ0n) is 12.0. The van der Waals surface area contributed by atoms with Crippen LogP contribution < -0.4 is 4.72 Å². The van der Waals surface area contributed by atoms with E-state index in [2.05, 4.69) is 14.9 Å². The third-order valence-electron chi connectivity index (χ3n) is 2.81. The maximum absolute atomic E-state index is 12.1. The summed E-state index contributed by atoms with van der Waals surface area (Å²) in [6, 6.07) is 4.13. The summed E-state index contributed by atoms with van der Waals surface area (Å²) in [5.41, 5.74) is 0. The Balaban J connectivity index is 1.98. The Morgan fingerprint density at radius 2 is 1.95 bits per heavy atom. The Bertz CT molecular complexity index is 760. The number of halogens is 2. The quantitative estimate of drug-likeness (QED) is 0.852. The van der Waals surface area contributed by atoms with E-state index in [1.165, 1.54) is 18.2 Å². The molecule has 1 heterocycles. The number of benzene rings is 1. The summed E-state index contributed by atoms with van der Waals surface area (Å²) in [6.45, 7) is 4.01. The molecule has 2 rings (SSSR count). The summed E-state index contributed by atoms with van der Waals surface area (Å²) in [6.07, 6.45) is 0.306. The summed E-state index contributed by atoms with van der Waals surface area (Å²) in [7, 11) is -3.66. The fraction of sp³-hybridized carbons (Fsp3) is 0.385. The van der Waals surface area contributed by atoms with Gasteiger partial charge in [0.15, 0.2) is 0 Å². The van der Waals surface area contributed by atoms with Gasteiger partial charge >= 0.3 is 0 Å². The maximum Gasteiger partial charge on any atom is 0.240 e. The van der Waals surface area contributed by atoms with Gasteiger partial charge in [-0.05, 0) is 18.2 Å². The van der Waals surface area contributed by atoms with Crippen LogP contribution in [-0.4, -0.2) is 25.2 Å². The van der Waals surface area contributed by atoms with Gasteiger partial charge in [-0.15, -0.1) is 10.2 Å². The highest BCUT2D eigenvalue weighted by atomic mass is 35.5. The molecule has 0 amide bonds. The summed E-state index contributed by atoms with van der Waals surface area (Å²) < 4.78 is 32.1. The van der Waals surface area contributed by atoms with Gasteiger partial charge in [0.05, 0.1) is 14.9 Å². The minimum atomic E-state index is -3.66. The molecule has 0 unspecified atom stereocenters. The third-order valence-corrected chi connectivity index (χ3v) is 5.01. The summed E-state index contributed by atoms with van der Waals surface area (Å²) in [5.74, 6) is 1.05. The second-order valence-corrected chi connectivity index (χ2v) is 7.49. The maximum atomic E-state index is 12.1. The molecular formula is C13H15Cl2N3O3S. The number of rotatable bonds is 6. The first kappa shape index (κ1) is 17.2. The fourth-order valence-electron chi connectivity index (χ4n) is 1.62. The lowest BCUT2D eigenvalue weighted by molar-refractivity contribution is 0.431. The molecule has 1 aromatic carbocycles. The molecule has 9 heteroatoms. The second-order valence-electron chi connectivity index (χ2n) is 4.91. The molecule has 2 aromatic rings. The van der Waals surface area contributed by atoms with Gasteiger partial charge in [-0.25, -0.2) is 13.1 Å². The normalized spacial score (nSPS) is 12.0. The molecule has 0 saturated heterocycles. The minimum absolute atomic E-state index is 0.0512. The van der Waals surface area contributed by atoms with Gasteiger partial charge in [0, 0.05) is 18.9 Å². The van der Waals surface area contributed by atoms with Crippen molar-refractivity contribution in [1.82, 2.24) is 14.9 Å². The lowest BCUT2D eigenvalue weighted by Gasteiger charge is -2.06. The van der Waals surface area contributed by atoms with E-state index in [4.69, 9.17) is 27.6 Å². The first-order chi connectivity index (χ1) is 10.3. The molecule has 0 spiro atoms. The van der Waals surface area contributed by atoms with Crippen molar-refractivity contribution >= 4 is 33.2 Å². The number of aromatic nitrogens is 2. The predicted molar refractivity (Wildman–Crippen MR) is 83.7 cm³/mol. The summed E-state index contributed by atoms with van der Waals surface area (Å²) >= 11 is 11.6. The van der Waals surface area contributed by atoms with Crippen LogP contribution in [0.3, 0.4) is 0 Å². The van der Waals surface area contributed by atoms with Crippen LogP contribution in [0.2, 0.25) is 10.0 Å². The first-order valence-corrected chi connectivity index (χ1v) is 8.80. The van der Waals surface area contributed by atoms with E-state index in [-0.39, 0.29) is 22.4 Å². The lowest BCUT2D eigenvalue weighted by Crippen LogP contribution is -2.26. The van der Waals surface area contributed by atoms with Crippen molar-refractivity contribution in [1.29, 1.82) is 0 Å². The highest BCUT2D eigenvalue weighted by Crippen LogP contribution is 2.24. The first-order valence-electron chi connectivity index (χ1n) is 6.56. The molecule has 0 fully saturated rings. The van der Waals surface area contributed by atoms with Crippen molar-refractivity contribution in [2.75, 3.05) is 6.54 Å². The number of hydrogen-bond acceptors (Lipinski definition) is 5. The topological polar surface area (TPSA) is 85.1 Å². The zero-order valence-corrected chi connectivity index (χ0v) is 14.3. The number of nitrogens with one attached hydrogen (secondary N) is 1. The molecule has 0 atom stereocenters.